The molecule has 0 amide bonds. The van der Waals surface area contributed by atoms with E-state index in [4.69, 9.17) is 27.9 Å². The van der Waals surface area contributed by atoms with Gasteiger partial charge in [-0.15, -0.1) is 0 Å². The molecule has 2 nitrogen and oxygen atoms in total. The molecular weight excluding hydrogens is 325 g/mol. The van der Waals surface area contributed by atoms with E-state index in [0.29, 0.717) is 15.8 Å². The monoisotopic (exact) mass is 339 g/mol. The maximum absolute atomic E-state index is 6.07. The van der Waals surface area contributed by atoms with Crippen LogP contribution < -0.4 is 10.1 Å². The molecule has 17 heavy (non-hydrogen) atoms. The smallest absolute Gasteiger partial charge is 0.139 e. The fourth-order valence-corrected chi connectivity index (χ4v) is 2.17. The first kappa shape index (κ1) is 15.1. The first-order valence-electron chi connectivity index (χ1n) is 5.56. The van der Waals surface area contributed by atoms with E-state index in [-0.39, 0.29) is 6.10 Å². The Bertz CT molecular complexity index is 374. The Labute approximate surface area is 121 Å². The molecule has 1 aromatic carbocycles. The van der Waals surface area contributed by atoms with Crippen LogP contribution in [0.2, 0.25) is 10.0 Å². The number of benzene rings is 1. The lowest BCUT2D eigenvalue weighted by Crippen LogP contribution is -2.29. The molecule has 1 aromatic rings. The molecule has 96 valence electrons. The molecule has 0 spiro atoms. The Hall–Kier alpha value is 0.0400. The lowest BCUT2D eigenvalue weighted by molar-refractivity contribution is 0.217. The fourth-order valence-electron chi connectivity index (χ4n) is 1.34. The number of halogens is 3. The van der Waals surface area contributed by atoms with Crippen molar-refractivity contribution in [1.29, 1.82) is 0 Å². The summed E-state index contributed by atoms with van der Waals surface area (Å²) < 4.78 is 6.50. The van der Waals surface area contributed by atoms with Crippen LogP contribution in [0.4, 0.5) is 0 Å². The zero-order valence-corrected chi connectivity index (χ0v) is 13.0. The average Bonchev–Trinajstić information content (AvgIpc) is 2.26. The molecule has 5 heteroatoms. The maximum atomic E-state index is 6.07. The number of hydrogen-bond donors (Lipinski definition) is 1. The van der Waals surface area contributed by atoms with Gasteiger partial charge in [0.15, 0.2) is 0 Å². The van der Waals surface area contributed by atoms with Crippen LogP contribution >= 0.6 is 39.1 Å². The van der Waals surface area contributed by atoms with Gasteiger partial charge in [-0.25, -0.2) is 0 Å². The minimum atomic E-state index is 0.0521. The summed E-state index contributed by atoms with van der Waals surface area (Å²) in [6, 6.07) is 3.47. The van der Waals surface area contributed by atoms with Gasteiger partial charge in [0.1, 0.15) is 11.9 Å². The van der Waals surface area contributed by atoms with Gasteiger partial charge in [0.2, 0.25) is 0 Å². The van der Waals surface area contributed by atoms with Crippen LogP contribution in [-0.4, -0.2) is 19.2 Å². The standard InChI is InChI=1S/C12H16BrCl2NO/c1-3-4-16-7-8(2)17-12-6-10(14)9(13)5-11(12)15/h5-6,8,16H,3-4,7H2,1-2H3. The summed E-state index contributed by atoms with van der Waals surface area (Å²) in [5, 5.41) is 4.44. The van der Waals surface area contributed by atoms with E-state index in [1.165, 1.54) is 0 Å². The second-order valence-corrected chi connectivity index (χ2v) is 5.50. The Morgan fingerprint density at radius 1 is 1.35 bits per heavy atom. The SMILES string of the molecule is CCCNCC(C)Oc1cc(Cl)c(Br)cc1Cl. The predicted molar refractivity (Wildman–Crippen MR) is 77.4 cm³/mol. The van der Waals surface area contributed by atoms with Gasteiger partial charge in [0.25, 0.3) is 0 Å². The first-order valence-corrected chi connectivity index (χ1v) is 7.11. The van der Waals surface area contributed by atoms with Crippen molar-refractivity contribution in [3.8, 4) is 5.75 Å². The van der Waals surface area contributed by atoms with Gasteiger partial charge >= 0.3 is 0 Å². The number of hydrogen-bond acceptors (Lipinski definition) is 2. The van der Waals surface area contributed by atoms with Gasteiger partial charge in [0.05, 0.1) is 10.0 Å². The second-order valence-electron chi connectivity index (χ2n) is 3.83. The molecule has 1 unspecified atom stereocenters. The fraction of sp³-hybridized carbons (Fsp3) is 0.500. The summed E-state index contributed by atoms with van der Waals surface area (Å²) in [5.41, 5.74) is 0. The van der Waals surface area contributed by atoms with Crippen molar-refractivity contribution in [3.63, 3.8) is 0 Å². The number of ether oxygens (including phenoxy) is 1. The van der Waals surface area contributed by atoms with Crippen LogP contribution in [0.5, 0.6) is 5.75 Å². The molecule has 1 rings (SSSR count). The van der Waals surface area contributed by atoms with E-state index in [9.17, 15) is 0 Å². The first-order chi connectivity index (χ1) is 8.04. The van der Waals surface area contributed by atoms with Crippen LogP contribution in [0, 0.1) is 0 Å². The quantitative estimate of drug-likeness (QED) is 0.607. The highest BCUT2D eigenvalue weighted by Crippen LogP contribution is 2.34. The summed E-state index contributed by atoms with van der Waals surface area (Å²) in [6.07, 6.45) is 1.16. The molecule has 1 atom stereocenters. The van der Waals surface area contributed by atoms with Gasteiger partial charge in [-0.2, -0.15) is 0 Å². The van der Waals surface area contributed by atoms with Crippen LogP contribution in [0.25, 0.3) is 0 Å². The normalized spacial score (nSPS) is 12.5. The predicted octanol–water partition coefficient (Wildman–Crippen LogP) is 4.52. The average molecular weight is 341 g/mol. The summed E-state index contributed by atoms with van der Waals surface area (Å²) in [5.74, 6) is 0.616. The molecule has 1 N–H and O–H groups in total. The van der Waals surface area contributed by atoms with E-state index in [2.05, 4.69) is 28.2 Å². The van der Waals surface area contributed by atoms with Gasteiger partial charge in [-0.05, 0) is 41.9 Å². The molecule has 0 aromatic heterocycles. The van der Waals surface area contributed by atoms with Crippen molar-refractivity contribution in [2.45, 2.75) is 26.4 Å². The molecule has 0 heterocycles. The summed E-state index contributed by atoms with van der Waals surface area (Å²) in [4.78, 5) is 0. The van der Waals surface area contributed by atoms with E-state index in [0.717, 1.165) is 24.0 Å². The van der Waals surface area contributed by atoms with Gasteiger partial charge in [0, 0.05) is 17.1 Å². The molecular formula is C12H16BrCl2NO. The summed E-state index contributed by atoms with van der Waals surface area (Å²) >= 11 is 15.4. The van der Waals surface area contributed by atoms with Crippen LogP contribution in [0.15, 0.2) is 16.6 Å². The molecule has 0 aliphatic carbocycles. The zero-order valence-electron chi connectivity index (χ0n) is 9.90. The van der Waals surface area contributed by atoms with E-state index in [1.807, 2.05) is 6.92 Å². The van der Waals surface area contributed by atoms with Gasteiger partial charge < -0.3 is 10.1 Å². The summed E-state index contributed by atoms with van der Waals surface area (Å²) in [6.45, 7) is 5.90. The highest BCUT2D eigenvalue weighted by Gasteiger charge is 2.10. The third-order valence-corrected chi connectivity index (χ3v) is 3.65. The topological polar surface area (TPSA) is 21.3 Å². The maximum Gasteiger partial charge on any atom is 0.139 e. The molecule has 0 aliphatic rings. The van der Waals surface area contributed by atoms with Crippen LogP contribution in [0.3, 0.4) is 0 Å². The molecule has 0 saturated carbocycles. The lowest BCUT2D eigenvalue weighted by atomic mass is 10.3. The zero-order chi connectivity index (χ0) is 12.8. The minimum absolute atomic E-state index is 0.0521. The van der Waals surface area contributed by atoms with Gasteiger partial charge in [-0.1, -0.05) is 30.1 Å². The van der Waals surface area contributed by atoms with Crippen molar-refractivity contribution < 1.29 is 4.74 Å². The Morgan fingerprint density at radius 2 is 2.06 bits per heavy atom. The Balaban J connectivity index is 2.58. The Morgan fingerprint density at radius 3 is 2.71 bits per heavy atom. The highest BCUT2D eigenvalue weighted by atomic mass is 79.9. The van der Waals surface area contributed by atoms with E-state index >= 15 is 0 Å². The second kappa shape index (κ2) is 7.47. The number of nitrogens with one attached hydrogen (secondary N) is 1. The van der Waals surface area contributed by atoms with Crippen molar-refractivity contribution in [1.82, 2.24) is 5.32 Å². The lowest BCUT2D eigenvalue weighted by Gasteiger charge is -2.16. The van der Waals surface area contributed by atoms with E-state index < -0.39 is 0 Å². The van der Waals surface area contributed by atoms with Crippen LogP contribution in [0.1, 0.15) is 20.3 Å². The van der Waals surface area contributed by atoms with Gasteiger partial charge in [-0.3, -0.25) is 0 Å². The van der Waals surface area contributed by atoms with Crippen LogP contribution in [-0.2, 0) is 0 Å². The number of rotatable bonds is 6. The molecule has 0 bridgehead atoms. The van der Waals surface area contributed by atoms with Crippen molar-refractivity contribution >= 4 is 39.1 Å². The van der Waals surface area contributed by atoms with E-state index in [1.54, 1.807) is 12.1 Å². The van der Waals surface area contributed by atoms with Crippen molar-refractivity contribution in [2.24, 2.45) is 0 Å². The summed E-state index contributed by atoms with van der Waals surface area (Å²) in [7, 11) is 0. The molecule has 0 radical (unpaired) electrons. The molecule has 0 saturated heterocycles. The van der Waals surface area contributed by atoms with Crippen molar-refractivity contribution in [2.75, 3.05) is 13.1 Å². The molecule has 0 aliphatic heterocycles. The largest absolute Gasteiger partial charge is 0.488 e. The minimum Gasteiger partial charge on any atom is -0.488 e. The van der Waals surface area contributed by atoms with Crippen molar-refractivity contribution in [3.05, 3.63) is 26.7 Å². The third kappa shape index (κ3) is 5.04. The Kier molecular flexibility index (Phi) is 6.63. The molecule has 0 fully saturated rings. The third-order valence-electron chi connectivity index (χ3n) is 2.16. The highest BCUT2D eigenvalue weighted by molar-refractivity contribution is 9.10.